The first-order chi connectivity index (χ1) is 15.1. The molecule has 3 heterocycles. The number of aromatic nitrogens is 2. The SMILES string of the molecule is NC1=NC2(CCCCC2)N(c2ccc(Sc3nccc(-c4cccs4)n3)cc2)C(N)=N1. The fourth-order valence-electron chi connectivity index (χ4n) is 4.21. The van der Waals surface area contributed by atoms with Crippen molar-refractivity contribution in [2.75, 3.05) is 4.90 Å². The summed E-state index contributed by atoms with van der Waals surface area (Å²) in [5.74, 6) is 0.674. The molecule has 158 valence electrons. The highest BCUT2D eigenvalue weighted by atomic mass is 32.2. The van der Waals surface area contributed by atoms with E-state index in [2.05, 4.69) is 45.7 Å². The summed E-state index contributed by atoms with van der Waals surface area (Å²) in [4.78, 5) is 22.3. The number of hydrogen-bond donors (Lipinski definition) is 2. The zero-order valence-corrected chi connectivity index (χ0v) is 18.6. The van der Waals surface area contributed by atoms with E-state index in [1.807, 2.05) is 17.0 Å². The summed E-state index contributed by atoms with van der Waals surface area (Å²) in [5, 5.41) is 2.77. The van der Waals surface area contributed by atoms with Crippen LogP contribution in [0.5, 0.6) is 0 Å². The van der Waals surface area contributed by atoms with Crippen molar-refractivity contribution in [1.29, 1.82) is 0 Å². The Hall–Kier alpha value is -2.91. The quantitative estimate of drug-likeness (QED) is 0.570. The molecule has 1 fully saturated rings. The van der Waals surface area contributed by atoms with E-state index >= 15 is 0 Å². The van der Waals surface area contributed by atoms with Crippen molar-refractivity contribution in [1.82, 2.24) is 9.97 Å². The van der Waals surface area contributed by atoms with Crippen molar-refractivity contribution in [3.05, 3.63) is 54.0 Å². The lowest BCUT2D eigenvalue weighted by Crippen LogP contribution is -2.58. The number of benzene rings is 1. The highest BCUT2D eigenvalue weighted by Crippen LogP contribution is 2.40. The third kappa shape index (κ3) is 4.03. The Morgan fingerprint density at radius 3 is 2.55 bits per heavy atom. The minimum Gasteiger partial charge on any atom is -0.369 e. The molecule has 9 heteroatoms. The molecule has 1 saturated carbocycles. The van der Waals surface area contributed by atoms with E-state index in [4.69, 9.17) is 21.4 Å². The molecule has 1 aromatic carbocycles. The van der Waals surface area contributed by atoms with E-state index in [9.17, 15) is 0 Å². The number of nitrogens with zero attached hydrogens (tertiary/aromatic N) is 5. The average Bonchev–Trinajstić information content (AvgIpc) is 3.30. The Bertz CT molecular complexity index is 1120. The second-order valence-electron chi connectivity index (χ2n) is 7.62. The van der Waals surface area contributed by atoms with Gasteiger partial charge < -0.3 is 11.5 Å². The zero-order valence-electron chi connectivity index (χ0n) is 16.9. The predicted molar refractivity (Wildman–Crippen MR) is 127 cm³/mol. The van der Waals surface area contributed by atoms with E-state index in [0.717, 1.165) is 52.0 Å². The summed E-state index contributed by atoms with van der Waals surface area (Å²) in [7, 11) is 0. The molecule has 0 saturated heterocycles. The van der Waals surface area contributed by atoms with Crippen LogP contribution in [0, 0.1) is 0 Å². The molecule has 1 aliphatic carbocycles. The molecule has 3 aromatic rings. The molecule has 0 amide bonds. The second kappa shape index (κ2) is 8.32. The monoisotopic (exact) mass is 449 g/mol. The number of nitrogens with two attached hydrogens (primary N) is 2. The first-order valence-electron chi connectivity index (χ1n) is 10.3. The third-order valence-corrected chi connectivity index (χ3v) is 7.34. The minimum absolute atomic E-state index is 0.269. The molecule has 4 N–H and O–H groups in total. The Morgan fingerprint density at radius 2 is 1.81 bits per heavy atom. The largest absolute Gasteiger partial charge is 0.369 e. The topological polar surface area (TPSA) is 106 Å². The number of rotatable bonds is 4. The predicted octanol–water partition coefficient (Wildman–Crippen LogP) is 4.47. The Balaban J connectivity index is 1.39. The molecule has 0 bridgehead atoms. The van der Waals surface area contributed by atoms with Gasteiger partial charge in [-0.1, -0.05) is 12.5 Å². The van der Waals surface area contributed by atoms with Gasteiger partial charge in [-0.15, -0.1) is 11.3 Å². The van der Waals surface area contributed by atoms with Gasteiger partial charge in [0.1, 0.15) is 5.66 Å². The maximum Gasteiger partial charge on any atom is 0.220 e. The van der Waals surface area contributed by atoms with Gasteiger partial charge in [-0.25, -0.2) is 15.0 Å². The van der Waals surface area contributed by atoms with Crippen LogP contribution >= 0.6 is 23.1 Å². The van der Waals surface area contributed by atoms with Crippen LogP contribution in [0.1, 0.15) is 32.1 Å². The molecule has 7 nitrogen and oxygen atoms in total. The van der Waals surface area contributed by atoms with Gasteiger partial charge >= 0.3 is 0 Å². The highest BCUT2D eigenvalue weighted by Gasteiger charge is 2.42. The first-order valence-corrected chi connectivity index (χ1v) is 12.0. The summed E-state index contributed by atoms with van der Waals surface area (Å²) in [6, 6.07) is 14.3. The summed E-state index contributed by atoms with van der Waals surface area (Å²) in [6.07, 6.45) is 7.06. The molecule has 5 rings (SSSR count). The fraction of sp³-hybridized carbons (Fsp3) is 0.273. The number of thiophene rings is 1. The van der Waals surface area contributed by atoms with E-state index in [1.165, 1.54) is 18.2 Å². The lowest BCUT2D eigenvalue weighted by atomic mass is 9.87. The van der Waals surface area contributed by atoms with Crippen LogP contribution in [0.4, 0.5) is 5.69 Å². The number of hydrogen-bond acceptors (Lipinski definition) is 9. The molecule has 31 heavy (non-hydrogen) atoms. The Labute approximate surface area is 189 Å². The fourth-order valence-corrected chi connectivity index (χ4v) is 5.65. The normalized spacial score (nSPS) is 18.0. The third-order valence-electron chi connectivity index (χ3n) is 5.56. The van der Waals surface area contributed by atoms with Gasteiger partial charge in [-0.2, -0.15) is 4.99 Å². The van der Waals surface area contributed by atoms with Gasteiger partial charge in [-0.05, 0) is 79.2 Å². The summed E-state index contributed by atoms with van der Waals surface area (Å²) >= 11 is 3.21. The van der Waals surface area contributed by atoms with Crippen LogP contribution in [0.2, 0.25) is 0 Å². The molecule has 1 spiro atoms. The highest BCUT2D eigenvalue weighted by molar-refractivity contribution is 7.99. The van der Waals surface area contributed by atoms with Crippen LogP contribution in [-0.2, 0) is 0 Å². The van der Waals surface area contributed by atoms with Crippen molar-refractivity contribution in [3.8, 4) is 10.6 Å². The van der Waals surface area contributed by atoms with Gasteiger partial charge in [0.2, 0.25) is 11.9 Å². The van der Waals surface area contributed by atoms with E-state index in [1.54, 1.807) is 17.5 Å². The van der Waals surface area contributed by atoms with Crippen LogP contribution in [0.15, 0.2) is 74.1 Å². The zero-order chi connectivity index (χ0) is 21.3. The Kier molecular flexibility index (Phi) is 5.37. The van der Waals surface area contributed by atoms with E-state index in [0.29, 0.717) is 5.96 Å². The van der Waals surface area contributed by atoms with Crippen LogP contribution in [0.25, 0.3) is 10.6 Å². The van der Waals surface area contributed by atoms with Crippen LogP contribution < -0.4 is 16.4 Å². The van der Waals surface area contributed by atoms with Crippen molar-refractivity contribution in [2.24, 2.45) is 21.5 Å². The molecular formula is C22H23N7S2. The number of guanidine groups is 2. The van der Waals surface area contributed by atoms with Crippen LogP contribution in [-0.4, -0.2) is 27.5 Å². The van der Waals surface area contributed by atoms with Crippen molar-refractivity contribution < 1.29 is 0 Å². The van der Waals surface area contributed by atoms with E-state index < -0.39 is 5.66 Å². The van der Waals surface area contributed by atoms with Crippen LogP contribution in [0.3, 0.4) is 0 Å². The molecular weight excluding hydrogens is 426 g/mol. The first kappa shape index (κ1) is 20.0. The molecule has 1 aliphatic heterocycles. The molecule has 0 atom stereocenters. The summed E-state index contributed by atoms with van der Waals surface area (Å²) < 4.78 is 0. The van der Waals surface area contributed by atoms with Crippen molar-refractivity contribution in [3.63, 3.8) is 0 Å². The molecule has 0 radical (unpaired) electrons. The summed E-state index contributed by atoms with van der Waals surface area (Å²) in [6.45, 7) is 0. The minimum atomic E-state index is -0.430. The lowest BCUT2D eigenvalue weighted by molar-refractivity contribution is 0.305. The standard InChI is InChI=1S/C22H23N7S2/c23-19-27-20(24)29(22(28-19)11-2-1-3-12-22)15-6-8-16(9-7-15)31-21-25-13-10-17(26-21)18-5-4-14-30-18/h4-10,13-14H,1-3,11-12H2,(H4,23,24,27,28). The van der Waals surface area contributed by atoms with Gasteiger partial charge in [0.15, 0.2) is 5.16 Å². The van der Waals surface area contributed by atoms with Crippen molar-refractivity contribution >= 4 is 40.7 Å². The Morgan fingerprint density at radius 1 is 1.00 bits per heavy atom. The number of anilines is 1. The maximum absolute atomic E-state index is 6.32. The second-order valence-corrected chi connectivity index (χ2v) is 9.60. The smallest absolute Gasteiger partial charge is 0.220 e. The number of aliphatic imine (C=N–C) groups is 2. The van der Waals surface area contributed by atoms with Gasteiger partial charge in [0.05, 0.1) is 10.6 Å². The molecule has 2 aliphatic rings. The van der Waals surface area contributed by atoms with Crippen molar-refractivity contribution in [2.45, 2.75) is 47.8 Å². The van der Waals surface area contributed by atoms with Gasteiger partial charge in [-0.3, -0.25) is 4.90 Å². The molecule has 0 unspecified atom stereocenters. The lowest BCUT2D eigenvalue weighted by Gasteiger charge is -2.45. The molecule has 2 aromatic heterocycles. The van der Waals surface area contributed by atoms with Gasteiger partial charge in [0.25, 0.3) is 0 Å². The van der Waals surface area contributed by atoms with E-state index in [-0.39, 0.29) is 5.96 Å². The maximum atomic E-state index is 6.32. The van der Waals surface area contributed by atoms with Gasteiger partial charge in [0, 0.05) is 16.8 Å². The average molecular weight is 450 g/mol. The summed E-state index contributed by atoms with van der Waals surface area (Å²) in [5.41, 5.74) is 13.8.